The fraction of sp³-hybridized carbons (Fsp3) is 0.256. The van der Waals surface area contributed by atoms with Crippen LogP contribution >= 0.6 is 0 Å². The van der Waals surface area contributed by atoms with Gasteiger partial charge in [-0.3, -0.25) is 4.79 Å². The van der Waals surface area contributed by atoms with E-state index < -0.39 is 64.7 Å². The first-order valence-electron chi connectivity index (χ1n) is 31.2. The van der Waals surface area contributed by atoms with Gasteiger partial charge in [0, 0.05) is 17.3 Å². The Bertz CT molecular complexity index is 4050. The Morgan fingerprint density at radius 3 is 1.45 bits per heavy atom. The molecule has 12 rings (SSSR count). The number of fused-ring (bicyclic) bond motifs is 4. The fourth-order valence-electron chi connectivity index (χ4n) is 13.3. The van der Waals surface area contributed by atoms with Gasteiger partial charge in [0.2, 0.25) is 0 Å². The molecule has 14 nitrogen and oxygen atoms in total. The number of carboxylic acids is 1. The largest absolute Gasteiger partial charge is 0.480 e. The number of amides is 1. The summed E-state index contributed by atoms with van der Waals surface area (Å²) in [5, 5.41) is 25.8. The van der Waals surface area contributed by atoms with Gasteiger partial charge >= 0.3 is 30.0 Å². The van der Waals surface area contributed by atoms with Crippen molar-refractivity contribution in [1.29, 1.82) is 0 Å². The maximum absolute atomic E-state index is 14.4. The average Bonchev–Trinajstić information content (AvgIpc) is 1.60. The zero-order valence-electron chi connectivity index (χ0n) is 52.9. The van der Waals surface area contributed by atoms with Crippen LogP contribution in [-0.4, -0.2) is 85.7 Å². The lowest BCUT2D eigenvalue weighted by Crippen LogP contribution is -2.46. The first kappa shape index (κ1) is 66.0. The van der Waals surface area contributed by atoms with Gasteiger partial charge in [-0.15, -0.1) is 0 Å². The van der Waals surface area contributed by atoms with E-state index in [2.05, 4.69) is 71.2 Å². The predicted octanol–water partition coefficient (Wildman–Crippen LogP) is 12.6. The molecule has 0 saturated heterocycles. The molecule has 0 spiro atoms. The van der Waals surface area contributed by atoms with Crippen molar-refractivity contribution in [3.05, 3.63) is 295 Å². The van der Waals surface area contributed by atoms with Gasteiger partial charge < -0.3 is 44.5 Å². The number of carbonyl (C=O) groups is 6. The van der Waals surface area contributed by atoms with Crippen molar-refractivity contribution in [3.8, 4) is 0 Å². The second-order valence-corrected chi connectivity index (χ2v) is 25.0. The van der Waals surface area contributed by atoms with Crippen LogP contribution < -0.4 is 10.5 Å². The molecule has 1 radical (unpaired) electrons. The van der Waals surface area contributed by atoms with Gasteiger partial charge in [0.25, 0.3) is 7.41 Å². The highest BCUT2D eigenvalue weighted by Gasteiger charge is 2.53. The third-order valence-electron chi connectivity index (χ3n) is 17.8. The predicted molar refractivity (Wildman–Crippen MR) is 359 cm³/mol. The number of esters is 3. The molecule has 473 valence electrons. The van der Waals surface area contributed by atoms with Crippen LogP contribution in [0.1, 0.15) is 120 Å². The summed E-state index contributed by atoms with van der Waals surface area (Å²) >= 11 is 0. The number of benzene rings is 8. The van der Waals surface area contributed by atoms with E-state index in [4.69, 9.17) is 24.1 Å². The molecule has 4 aliphatic rings. The zero-order chi connectivity index (χ0) is 65.7. The number of ether oxygens (including phenoxy) is 4. The average molecular weight is 1240 g/mol. The number of alkyl carbamates (subject to hydrolysis) is 1. The van der Waals surface area contributed by atoms with Crippen LogP contribution in [0.25, 0.3) is 12.2 Å². The molecule has 0 heterocycles. The highest BCUT2D eigenvalue weighted by atomic mass is 16.6. The van der Waals surface area contributed by atoms with Gasteiger partial charge in [0.05, 0.1) is 43.7 Å². The topological polar surface area (TPSA) is 204 Å². The Labute approximate surface area is 544 Å². The Morgan fingerprint density at radius 2 is 0.978 bits per heavy atom. The smallest absolute Gasteiger partial charge is 0.408 e. The fourth-order valence-corrected chi connectivity index (χ4v) is 13.3. The summed E-state index contributed by atoms with van der Waals surface area (Å²) in [6, 6.07) is 65.2. The normalized spacial score (nSPS) is 18.5. The van der Waals surface area contributed by atoms with Crippen LogP contribution in [0.2, 0.25) is 0 Å². The molecule has 0 fully saturated rings. The third-order valence-corrected chi connectivity index (χ3v) is 17.8. The van der Waals surface area contributed by atoms with Crippen molar-refractivity contribution in [2.75, 3.05) is 14.2 Å². The van der Waals surface area contributed by atoms with Gasteiger partial charge in [-0.1, -0.05) is 205 Å². The van der Waals surface area contributed by atoms with Gasteiger partial charge in [0.15, 0.2) is 0 Å². The van der Waals surface area contributed by atoms with E-state index in [-0.39, 0.29) is 12.4 Å². The van der Waals surface area contributed by atoms with Crippen molar-refractivity contribution in [2.24, 2.45) is 10.8 Å². The molecular weight excluding hydrogens is 1170 g/mol. The van der Waals surface area contributed by atoms with Crippen LogP contribution in [0.15, 0.2) is 217 Å². The van der Waals surface area contributed by atoms with Gasteiger partial charge in [-0.25, -0.2) is 19.2 Å². The number of hydrogen-bond donors (Lipinski definition) is 4. The van der Waals surface area contributed by atoms with Crippen LogP contribution in [-0.2, 0) is 84.7 Å². The van der Waals surface area contributed by atoms with E-state index in [1.807, 2.05) is 133 Å². The van der Waals surface area contributed by atoms with Crippen LogP contribution in [0, 0.1) is 10.8 Å². The highest BCUT2D eigenvalue weighted by molar-refractivity contribution is 6.64. The standard InChI is InChI=1S/C41H41NO6.C27H24O3.C10H11BNO3/c1-40(2,3)48-39(45)42-35(22-27-12-6-5-7-13-27)38(44)47-36-34-17-11-10-16-32(34)26-41(36,33-23-30-14-8-9-15-31(30)24-33)25-28-18-20-29(21-19-28)37(43)46-4;1-30-26(29)19-12-10-18(11-13-19)16-27(17-22-8-4-5-9-24(22)25(27)28)23-14-20-6-2-3-7-21(20)15-23;13-7-11-12-9(10(14)15)6-8-4-2-1-3-5-8/h5-21,23,35-36H,22,24-26H2,1-4H3,(H,42,45);2-14,25,28H,15-17H2,1H3;1-5,7,9,12H,6H2,(H,14,15)/t35-,36?,41?;;/m1../s1. The minimum absolute atomic E-state index is 0.239. The van der Waals surface area contributed by atoms with Crippen LogP contribution in [0.3, 0.4) is 0 Å². The molecule has 8 aromatic rings. The van der Waals surface area contributed by atoms with E-state index in [1.165, 1.54) is 47.6 Å². The SMILES string of the molecule is COC(=O)c1ccc(CC2(C3=Cc4ccccc4C3)Cc3ccccc3C2O)cc1.COC(=O)c1ccc(CC2(C3=Cc4ccccc4C3)Cc3ccccc3C2OC(=O)[C@@H](Cc2ccccc2)NC(=O)OC(C)(C)C)cc1.O=C[B]NC(Cc1ccccc1)C(=O)O. The lowest BCUT2D eigenvalue weighted by Gasteiger charge is -2.38. The Hall–Kier alpha value is -9.96. The van der Waals surface area contributed by atoms with Gasteiger partial charge in [-0.2, -0.15) is 0 Å². The lowest BCUT2D eigenvalue weighted by molar-refractivity contribution is -0.157. The molecule has 5 unspecified atom stereocenters. The van der Waals surface area contributed by atoms with E-state index in [0.717, 1.165) is 71.2 Å². The van der Waals surface area contributed by atoms with Crippen LogP contribution in [0.4, 0.5) is 4.79 Å². The highest BCUT2D eigenvalue weighted by Crippen LogP contribution is 2.58. The Balaban J connectivity index is 0.000000177. The maximum atomic E-state index is 14.4. The summed E-state index contributed by atoms with van der Waals surface area (Å²) in [5.74, 6) is -2.24. The van der Waals surface area contributed by atoms with Crippen molar-refractivity contribution >= 4 is 55.7 Å². The van der Waals surface area contributed by atoms with Crippen LogP contribution in [0.5, 0.6) is 0 Å². The molecule has 15 heteroatoms. The summed E-state index contributed by atoms with van der Waals surface area (Å²) in [6.07, 6.45) is 8.07. The number of hydrogen-bond acceptors (Lipinski definition) is 12. The molecule has 1 amide bonds. The summed E-state index contributed by atoms with van der Waals surface area (Å²) < 4.78 is 22.0. The van der Waals surface area contributed by atoms with Crippen molar-refractivity contribution < 1.29 is 57.9 Å². The summed E-state index contributed by atoms with van der Waals surface area (Å²) in [4.78, 5) is 72.3. The lowest BCUT2D eigenvalue weighted by atomic mass is 9.70. The molecule has 93 heavy (non-hydrogen) atoms. The number of carbonyl (C=O) groups excluding carboxylic acids is 5. The van der Waals surface area contributed by atoms with E-state index in [1.54, 1.807) is 45.0 Å². The van der Waals surface area contributed by atoms with E-state index in [0.29, 0.717) is 43.0 Å². The number of aliphatic hydroxyl groups is 1. The number of carboxylic acid groups (broad SMARTS) is 1. The molecule has 8 aromatic carbocycles. The summed E-state index contributed by atoms with van der Waals surface area (Å²) in [5.41, 5.74) is 14.8. The van der Waals surface area contributed by atoms with Gasteiger partial charge in [-0.05, 0) is 157 Å². The first-order chi connectivity index (χ1) is 44.9. The second kappa shape index (κ2) is 29.5. The minimum Gasteiger partial charge on any atom is -0.480 e. The number of rotatable bonds is 19. The number of aliphatic hydroxyl groups excluding tert-OH is 1. The second-order valence-electron chi connectivity index (χ2n) is 25.0. The maximum Gasteiger partial charge on any atom is 0.408 e. The Morgan fingerprint density at radius 1 is 0.548 bits per heavy atom. The molecule has 0 aromatic heterocycles. The molecule has 4 N–H and O–H groups in total. The molecule has 0 saturated carbocycles. The zero-order valence-corrected chi connectivity index (χ0v) is 52.9. The monoisotopic (exact) mass is 1240 g/mol. The molecule has 6 atom stereocenters. The van der Waals surface area contributed by atoms with Crippen molar-refractivity contribution in [2.45, 2.75) is 102 Å². The quantitative estimate of drug-likeness (QED) is 0.0258. The third kappa shape index (κ3) is 15.7. The molecule has 0 bridgehead atoms. The summed E-state index contributed by atoms with van der Waals surface area (Å²) in [7, 11) is 3.86. The first-order valence-corrected chi connectivity index (χ1v) is 31.2. The summed E-state index contributed by atoms with van der Waals surface area (Å²) in [6.45, 7) is 5.35. The molecule has 4 aliphatic carbocycles. The number of aliphatic carboxylic acids is 1. The van der Waals surface area contributed by atoms with Crippen molar-refractivity contribution in [1.82, 2.24) is 10.5 Å². The number of methoxy groups -OCH3 is 2. The van der Waals surface area contributed by atoms with Crippen molar-refractivity contribution in [3.63, 3.8) is 0 Å². The minimum atomic E-state index is -0.984. The molecule has 0 aliphatic heterocycles. The Kier molecular flexibility index (Phi) is 21.0. The molecular formula is C78H76BN2O12. The van der Waals surface area contributed by atoms with E-state index in [9.17, 15) is 33.9 Å². The van der Waals surface area contributed by atoms with E-state index >= 15 is 0 Å². The number of nitrogens with one attached hydrogen (secondary N) is 2. The van der Waals surface area contributed by atoms with Gasteiger partial charge in [0.1, 0.15) is 17.7 Å².